The van der Waals surface area contributed by atoms with Crippen molar-refractivity contribution in [3.63, 3.8) is 0 Å². The minimum Gasteiger partial charge on any atom is -0.497 e. The molecule has 0 saturated heterocycles. The number of ether oxygens (including phenoxy) is 1. The van der Waals surface area contributed by atoms with Gasteiger partial charge in [0.05, 0.1) is 18.4 Å². The van der Waals surface area contributed by atoms with Crippen molar-refractivity contribution < 1.29 is 23.1 Å². The highest BCUT2D eigenvalue weighted by atomic mass is 32.2. The normalized spacial score (nSPS) is 13.2. The van der Waals surface area contributed by atoms with E-state index in [1.54, 1.807) is 13.8 Å². The van der Waals surface area contributed by atoms with Gasteiger partial charge < -0.3 is 9.84 Å². The molecule has 1 atom stereocenters. The predicted molar refractivity (Wildman–Crippen MR) is 74.2 cm³/mol. The van der Waals surface area contributed by atoms with Gasteiger partial charge in [-0.15, -0.1) is 0 Å². The molecule has 7 heteroatoms. The number of hydrogen-bond donors (Lipinski definition) is 2. The molecule has 1 aromatic carbocycles. The van der Waals surface area contributed by atoms with Crippen LogP contribution in [0.5, 0.6) is 5.75 Å². The molecule has 0 heterocycles. The number of hydrogen-bond acceptors (Lipinski definition) is 4. The first kappa shape index (κ1) is 16.5. The van der Waals surface area contributed by atoms with Gasteiger partial charge in [-0.1, -0.05) is 13.8 Å². The lowest BCUT2D eigenvalue weighted by atomic mass is 10.0. The monoisotopic (exact) mass is 301 g/mol. The molecule has 0 saturated carbocycles. The summed E-state index contributed by atoms with van der Waals surface area (Å²) in [5.74, 6) is -0.616. The average Bonchev–Trinajstić information content (AvgIpc) is 2.37. The van der Waals surface area contributed by atoms with Crippen molar-refractivity contribution in [2.24, 2.45) is 5.92 Å². The van der Waals surface area contributed by atoms with E-state index in [0.717, 1.165) is 0 Å². The van der Waals surface area contributed by atoms with Crippen LogP contribution in [0, 0.1) is 5.92 Å². The fourth-order valence-electron chi connectivity index (χ4n) is 1.62. The van der Waals surface area contributed by atoms with Gasteiger partial charge in [0.1, 0.15) is 5.75 Å². The van der Waals surface area contributed by atoms with Crippen LogP contribution >= 0.6 is 0 Å². The molecule has 1 unspecified atom stereocenters. The van der Waals surface area contributed by atoms with E-state index in [-0.39, 0.29) is 17.2 Å². The summed E-state index contributed by atoms with van der Waals surface area (Å²) < 4.78 is 31.8. The van der Waals surface area contributed by atoms with E-state index >= 15 is 0 Å². The summed E-state index contributed by atoms with van der Waals surface area (Å²) in [6.07, 6.45) is -0.257. The third kappa shape index (κ3) is 4.50. The number of carboxylic acid groups (broad SMARTS) is 1. The third-order valence-corrected chi connectivity index (χ3v) is 4.38. The molecule has 0 aliphatic carbocycles. The molecule has 1 rings (SSSR count). The molecule has 0 aliphatic rings. The largest absolute Gasteiger partial charge is 0.497 e. The molecule has 0 amide bonds. The molecule has 2 N–H and O–H groups in total. The average molecular weight is 301 g/mol. The van der Waals surface area contributed by atoms with Gasteiger partial charge in [-0.25, -0.2) is 13.1 Å². The number of aliphatic carboxylic acids is 1. The van der Waals surface area contributed by atoms with Gasteiger partial charge in [-0.05, 0) is 30.2 Å². The zero-order valence-corrected chi connectivity index (χ0v) is 12.5. The smallest absolute Gasteiger partial charge is 0.304 e. The fraction of sp³-hybridized carbons (Fsp3) is 0.462. The van der Waals surface area contributed by atoms with Gasteiger partial charge in [-0.3, -0.25) is 4.79 Å². The van der Waals surface area contributed by atoms with Crippen molar-refractivity contribution in [1.82, 2.24) is 4.72 Å². The summed E-state index contributed by atoms with van der Waals surface area (Å²) in [6, 6.07) is 5.25. The molecule has 20 heavy (non-hydrogen) atoms. The zero-order valence-electron chi connectivity index (χ0n) is 11.7. The Bertz CT molecular complexity index is 551. The van der Waals surface area contributed by atoms with E-state index in [1.807, 2.05) is 0 Å². The van der Waals surface area contributed by atoms with Crippen LogP contribution in [0.1, 0.15) is 20.3 Å². The summed E-state index contributed by atoms with van der Waals surface area (Å²) in [5.41, 5.74) is 0. The van der Waals surface area contributed by atoms with Crippen molar-refractivity contribution in [2.75, 3.05) is 7.11 Å². The molecular weight excluding hydrogens is 282 g/mol. The van der Waals surface area contributed by atoms with Crippen LogP contribution in [0.3, 0.4) is 0 Å². The molecular formula is C13H19NO5S. The first-order valence-corrected chi connectivity index (χ1v) is 7.62. The SMILES string of the molecule is COc1ccc(S(=O)(=O)NC(CC(=O)O)C(C)C)cc1. The number of nitrogens with one attached hydrogen (secondary N) is 1. The van der Waals surface area contributed by atoms with Crippen molar-refractivity contribution in [3.8, 4) is 5.75 Å². The Balaban J connectivity index is 2.93. The first-order chi connectivity index (χ1) is 9.26. The summed E-state index contributed by atoms with van der Waals surface area (Å²) in [6.45, 7) is 3.54. The van der Waals surface area contributed by atoms with Gasteiger partial charge in [0.15, 0.2) is 0 Å². The quantitative estimate of drug-likeness (QED) is 0.795. The second-order valence-electron chi connectivity index (χ2n) is 4.75. The molecule has 0 radical (unpaired) electrons. The zero-order chi connectivity index (χ0) is 15.3. The summed E-state index contributed by atoms with van der Waals surface area (Å²) in [4.78, 5) is 10.8. The molecule has 0 spiro atoms. The lowest BCUT2D eigenvalue weighted by Crippen LogP contribution is -2.40. The van der Waals surface area contributed by atoms with Crippen LogP contribution in [-0.2, 0) is 14.8 Å². The third-order valence-electron chi connectivity index (χ3n) is 2.88. The Morgan fingerprint density at radius 2 is 1.85 bits per heavy atom. The lowest BCUT2D eigenvalue weighted by Gasteiger charge is -2.20. The van der Waals surface area contributed by atoms with Crippen molar-refractivity contribution >= 4 is 16.0 Å². The maximum absolute atomic E-state index is 12.2. The molecule has 6 nitrogen and oxygen atoms in total. The molecule has 1 aromatic rings. The number of rotatable bonds is 7. The Morgan fingerprint density at radius 3 is 2.25 bits per heavy atom. The van der Waals surface area contributed by atoms with Crippen LogP contribution in [0.15, 0.2) is 29.2 Å². The van der Waals surface area contributed by atoms with E-state index in [0.29, 0.717) is 5.75 Å². The first-order valence-electron chi connectivity index (χ1n) is 6.14. The maximum Gasteiger partial charge on any atom is 0.304 e. The minimum atomic E-state index is -3.74. The number of benzene rings is 1. The Morgan fingerprint density at radius 1 is 1.30 bits per heavy atom. The lowest BCUT2D eigenvalue weighted by molar-refractivity contribution is -0.137. The van der Waals surface area contributed by atoms with Gasteiger partial charge in [0.2, 0.25) is 10.0 Å². The van der Waals surface area contributed by atoms with E-state index < -0.39 is 22.0 Å². The summed E-state index contributed by atoms with van der Waals surface area (Å²) in [5, 5.41) is 8.82. The second-order valence-corrected chi connectivity index (χ2v) is 6.46. The van der Waals surface area contributed by atoms with Gasteiger partial charge >= 0.3 is 5.97 Å². The highest BCUT2D eigenvalue weighted by Crippen LogP contribution is 2.17. The summed E-state index contributed by atoms with van der Waals surface area (Å²) in [7, 11) is -2.25. The topological polar surface area (TPSA) is 92.7 Å². The number of carboxylic acids is 1. The van der Waals surface area contributed by atoms with Crippen molar-refractivity contribution in [3.05, 3.63) is 24.3 Å². The van der Waals surface area contributed by atoms with Crippen LogP contribution in [0.2, 0.25) is 0 Å². The van der Waals surface area contributed by atoms with Crippen LogP contribution in [0.25, 0.3) is 0 Å². The Labute approximate surface area is 118 Å². The fourth-order valence-corrected chi connectivity index (χ4v) is 3.01. The van der Waals surface area contributed by atoms with Gasteiger partial charge in [0, 0.05) is 6.04 Å². The highest BCUT2D eigenvalue weighted by molar-refractivity contribution is 7.89. The molecule has 0 aromatic heterocycles. The van der Waals surface area contributed by atoms with Gasteiger partial charge in [-0.2, -0.15) is 0 Å². The van der Waals surface area contributed by atoms with Crippen molar-refractivity contribution in [1.29, 1.82) is 0 Å². The second kappa shape index (κ2) is 6.71. The number of sulfonamides is 1. The van der Waals surface area contributed by atoms with Crippen molar-refractivity contribution in [2.45, 2.75) is 31.2 Å². The van der Waals surface area contributed by atoms with E-state index in [1.165, 1.54) is 31.4 Å². The Hall–Kier alpha value is -1.60. The molecule has 0 bridgehead atoms. The Kier molecular flexibility index (Phi) is 5.52. The van der Waals surface area contributed by atoms with E-state index in [2.05, 4.69) is 4.72 Å². The highest BCUT2D eigenvalue weighted by Gasteiger charge is 2.24. The van der Waals surface area contributed by atoms with E-state index in [9.17, 15) is 13.2 Å². The molecule has 0 fully saturated rings. The van der Waals surface area contributed by atoms with Crippen LogP contribution in [-0.4, -0.2) is 32.6 Å². The number of methoxy groups -OCH3 is 1. The van der Waals surface area contributed by atoms with E-state index in [4.69, 9.17) is 9.84 Å². The van der Waals surface area contributed by atoms with Gasteiger partial charge in [0.25, 0.3) is 0 Å². The number of carbonyl (C=O) groups is 1. The maximum atomic E-state index is 12.2. The standard InChI is InChI=1S/C13H19NO5S/c1-9(2)12(8-13(15)16)14-20(17,18)11-6-4-10(19-3)5-7-11/h4-7,9,12,14H,8H2,1-3H3,(H,15,16). The van der Waals surface area contributed by atoms with Crippen LogP contribution < -0.4 is 9.46 Å². The van der Waals surface area contributed by atoms with Crippen LogP contribution in [0.4, 0.5) is 0 Å². The molecule has 112 valence electrons. The molecule has 0 aliphatic heterocycles. The minimum absolute atomic E-state index is 0.0781. The predicted octanol–water partition coefficient (Wildman–Crippen LogP) is 1.47. The summed E-state index contributed by atoms with van der Waals surface area (Å²) >= 11 is 0.